The van der Waals surface area contributed by atoms with Gasteiger partial charge in [0.1, 0.15) is 11.7 Å². The summed E-state index contributed by atoms with van der Waals surface area (Å²) in [6, 6.07) is 0.0308. The molecule has 0 aliphatic carbocycles. The number of ether oxygens (including phenoxy) is 5. The van der Waals surface area contributed by atoms with Crippen LogP contribution in [0.5, 0.6) is 0 Å². The molecular weight excluding hydrogens is 647 g/mol. The van der Waals surface area contributed by atoms with Gasteiger partial charge in [-0.2, -0.15) is 0 Å². The SMILES string of the molecule is C[C@H]1CN(C)[C@H](C)[C@H]2OC(O)O[C@]2(C)[C@@H](I)OC(=O)[C@H](C)[C@@H](O)[C@H](C)[C@@H](O[C@H]2C[C@@H](N(C)C)C[C@@H](C)O2)[C@](C)(O)C1. The molecule has 0 bridgehead atoms. The van der Waals surface area contributed by atoms with Gasteiger partial charge >= 0.3 is 5.97 Å². The Morgan fingerprint density at radius 1 is 1.07 bits per heavy atom. The van der Waals surface area contributed by atoms with Crippen molar-refractivity contribution in [1.82, 2.24) is 9.80 Å². The molecule has 3 rings (SSSR count). The van der Waals surface area contributed by atoms with Gasteiger partial charge in [-0.05, 0) is 97.1 Å². The average Bonchev–Trinajstić information content (AvgIpc) is 3.18. The first-order chi connectivity index (χ1) is 18.9. The van der Waals surface area contributed by atoms with Gasteiger partial charge < -0.3 is 48.8 Å². The minimum Gasteiger partial charge on any atom is -0.448 e. The quantitative estimate of drug-likeness (QED) is 0.228. The molecule has 0 radical (unpaired) electrons. The van der Waals surface area contributed by atoms with E-state index in [1.807, 2.05) is 57.6 Å². The summed E-state index contributed by atoms with van der Waals surface area (Å²) in [5.41, 5.74) is -2.49. The first kappa shape index (κ1) is 35.3. The fraction of sp³-hybridized carbons (Fsp3) is 0.966. The fourth-order valence-corrected chi connectivity index (χ4v) is 7.56. The van der Waals surface area contributed by atoms with Crippen LogP contribution < -0.4 is 0 Å². The highest BCUT2D eigenvalue weighted by Crippen LogP contribution is 2.41. The third-order valence-corrected chi connectivity index (χ3v) is 10.8. The van der Waals surface area contributed by atoms with Gasteiger partial charge in [-0.25, -0.2) is 0 Å². The van der Waals surface area contributed by atoms with Crippen molar-refractivity contribution in [2.24, 2.45) is 17.8 Å². The molecule has 1 unspecified atom stereocenters. The van der Waals surface area contributed by atoms with Crippen LogP contribution in [0.2, 0.25) is 0 Å². The number of cyclic esters (lactones) is 1. The highest BCUT2D eigenvalue weighted by atomic mass is 127. The van der Waals surface area contributed by atoms with Crippen molar-refractivity contribution in [2.45, 2.75) is 132 Å². The van der Waals surface area contributed by atoms with E-state index in [2.05, 4.69) is 16.7 Å². The Balaban J connectivity index is 1.95. The number of likely N-dealkylation sites (N-methyl/N-ethyl adjacent to an activating group) is 1. The van der Waals surface area contributed by atoms with Crippen molar-refractivity contribution in [2.75, 3.05) is 27.7 Å². The number of hydrogen-bond acceptors (Lipinski definition) is 11. The molecular formula is C29H53IN2O9. The van der Waals surface area contributed by atoms with E-state index in [-0.39, 0.29) is 24.1 Å². The Kier molecular flexibility index (Phi) is 11.9. The number of aliphatic hydroxyl groups excluding tert-OH is 2. The average molecular weight is 701 g/mol. The van der Waals surface area contributed by atoms with E-state index in [1.54, 1.807) is 27.7 Å². The predicted octanol–water partition coefficient (Wildman–Crippen LogP) is 2.33. The van der Waals surface area contributed by atoms with Crippen LogP contribution in [0.1, 0.15) is 67.7 Å². The lowest BCUT2D eigenvalue weighted by molar-refractivity contribution is -0.267. The summed E-state index contributed by atoms with van der Waals surface area (Å²) in [6.45, 7) is 12.1. The number of hydrogen-bond donors (Lipinski definition) is 3. The lowest BCUT2D eigenvalue weighted by atomic mass is 9.78. The molecule has 0 amide bonds. The van der Waals surface area contributed by atoms with Gasteiger partial charge in [0.05, 0.1) is 29.8 Å². The molecule has 3 N–H and O–H groups in total. The fourth-order valence-electron chi connectivity index (χ4n) is 6.80. The molecule has 3 fully saturated rings. The number of halogens is 1. The van der Waals surface area contributed by atoms with Gasteiger partial charge in [0, 0.05) is 31.0 Å². The summed E-state index contributed by atoms with van der Waals surface area (Å²) in [5.74, 6) is -2.17. The van der Waals surface area contributed by atoms with Crippen molar-refractivity contribution < 1.29 is 43.8 Å². The number of carbonyl (C=O) groups excluding carboxylic acids is 1. The van der Waals surface area contributed by atoms with Gasteiger partial charge in [-0.15, -0.1) is 0 Å². The van der Waals surface area contributed by atoms with Crippen LogP contribution in [-0.4, -0.2) is 123 Å². The summed E-state index contributed by atoms with van der Waals surface area (Å²) >= 11 is 1.99. The zero-order valence-corrected chi connectivity index (χ0v) is 28.5. The summed E-state index contributed by atoms with van der Waals surface area (Å²) in [7, 11) is 6.02. The molecule has 12 heteroatoms. The molecule has 14 atom stereocenters. The number of carbonyl (C=O) groups is 1. The monoisotopic (exact) mass is 700 g/mol. The number of rotatable bonds is 3. The third-order valence-electron chi connectivity index (χ3n) is 9.34. The van der Waals surface area contributed by atoms with Crippen LogP contribution in [0.25, 0.3) is 0 Å². The Morgan fingerprint density at radius 2 is 1.71 bits per heavy atom. The summed E-state index contributed by atoms with van der Waals surface area (Å²) in [6.07, 6.45) is -1.33. The molecule has 41 heavy (non-hydrogen) atoms. The Hall–Kier alpha value is -0.160. The van der Waals surface area contributed by atoms with E-state index >= 15 is 0 Å². The van der Waals surface area contributed by atoms with Crippen molar-refractivity contribution in [3.8, 4) is 0 Å². The minimum absolute atomic E-state index is 0.0166. The largest absolute Gasteiger partial charge is 0.448 e. The molecule has 3 saturated heterocycles. The van der Waals surface area contributed by atoms with Crippen LogP contribution in [-0.2, 0) is 28.5 Å². The standard InChI is InChI=1S/C29H53IN2O9/c1-15-13-28(6,36)23(38-21-12-20(31(8)9)11-16(2)37-21)17(3)22(33)18(4)25(34)40-26(30)29(7)24(39-27(35)41-29)19(5)32(10)14-15/h15-24,26-27,33,35-36H,11-14H2,1-10H3/t15-,16-,17+,18-,19-,20+,21+,22+,23-,24-,26+,27?,28-,29+/m1/s1. The van der Waals surface area contributed by atoms with Gasteiger partial charge in [0.2, 0.25) is 0 Å². The smallest absolute Gasteiger partial charge is 0.312 e. The molecule has 240 valence electrons. The lowest BCUT2D eigenvalue weighted by Crippen LogP contribution is -2.55. The zero-order valence-electron chi connectivity index (χ0n) is 26.3. The maximum absolute atomic E-state index is 13.4. The number of alkyl halides is 1. The molecule has 0 spiro atoms. The molecule has 0 aromatic heterocycles. The summed E-state index contributed by atoms with van der Waals surface area (Å²) in [4.78, 5) is 17.6. The van der Waals surface area contributed by atoms with E-state index in [4.69, 9.17) is 23.7 Å². The predicted molar refractivity (Wildman–Crippen MR) is 161 cm³/mol. The molecule has 0 saturated carbocycles. The van der Waals surface area contributed by atoms with Crippen molar-refractivity contribution >= 4 is 28.6 Å². The van der Waals surface area contributed by atoms with Crippen LogP contribution >= 0.6 is 22.6 Å². The van der Waals surface area contributed by atoms with Crippen LogP contribution in [0.3, 0.4) is 0 Å². The van der Waals surface area contributed by atoms with Gasteiger partial charge in [0.25, 0.3) is 6.48 Å². The van der Waals surface area contributed by atoms with E-state index in [0.29, 0.717) is 19.4 Å². The highest BCUT2D eigenvalue weighted by Gasteiger charge is 2.56. The van der Waals surface area contributed by atoms with E-state index in [1.165, 1.54) is 0 Å². The first-order valence-corrected chi connectivity index (χ1v) is 16.1. The first-order valence-electron chi connectivity index (χ1n) is 14.8. The van der Waals surface area contributed by atoms with Crippen molar-refractivity contribution in [3.63, 3.8) is 0 Å². The van der Waals surface area contributed by atoms with Crippen LogP contribution in [0.15, 0.2) is 0 Å². The molecule has 3 aliphatic heterocycles. The number of nitrogens with zero attached hydrogens (tertiary/aromatic N) is 2. The second-order valence-electron chi connectivity index (χ2n) is 13.4. The minimum atomic E-state index is -1.45. The number of aliphatic hydroxyl groups is 3. The second kappa shape index (κ2) is 13.9. The molecule has 3 aliphatic rings. The van der Waals surface area contributed by atoms with Gasteiger partial charge in [-0.3, -0.25) is 4.79 Å². The second-order valence-corrected chi connectivity index (χ2v) is 14.6. The van der Waals surface area contributed by atoms with E-state index in [9.17, 15) is 20.1 Å². The van der Waals surface area contributed by atoms with Crippen molar-refractivity contribution in [3.05, 3.63) is 0 Å². The van der Waals surface area contributed by atoms with Gasteiger partial charge in [0.15, 0.2) is 10.4 Å². The van der Waals surface area contributed by atoms with E-state index in [0.717, 1.165) is 6.42 Å². The summed E-state index contributed by atoms with van der Waals surface area (Å²) in [5, 5.41) is 33.7. The topological polar surface area (TPSA) is 130 Å². The Morgan fingerprint density at radius 3 is 2.32 bits per heavy atom. The number of esters is 1. The Labute approximate surface area is 259 Å². The maximum Gasteiger partial charge on any atom is 0.312 e. The zero-order chi connectivity index (χ0) is 31.0. The molecule has 0 aromatic carbocycles. The summed E-state index contributed by atoms with van der Waals surface area (Å²) < 4.78 is 29.3. The van der Waals surface area contributed by atoms with E-state index < -0.39 is 64.2 Å². The van der Waals surface area contributed by atoms with Gasteiger partial charge in [-0.1, -0.05) is 13.8 Å². The Bertz CT molecular complexity index is 881. The molecule has 11 nitrogen and oxygen atoms in total. The van der Waals surface area contributed by atoms with Crippen molar-refractivity contribution in [1.29, 1.82) is 0 Å². The molecule has 0 aromatic rings. The van der Waals surface area contributed by atoms with Crippen LogP contribution in [0, 0.1) is 17.8 Å². The maximum atomic E-state index is 13.4. The normalized spacial score (nSPS) is 49.7. The van der Waals surface area contributed by atoms with Crippen LogP contribution in [0.4, 0.5) is 0 Å². The lowest BCUT2D eigenvalue weighted by Gasteiger charge is -2.45. The highest BCUT2D eigenvalue weighted by molar-refractivity contribution is 14.1. The molecule has 3 heterocycles. The third kappa shape index (κ3) is 8.12. The number of fused-ring (bicyclic) bond motifs is 1.